The zero-order chi connectivity index (χ0) is 25.3. The van der Waals surface area contributed by atoms with Gasteiger partial charge in [0.2, 0.25) is 0 Å². The summed E-state index contributed by atoms with van der Waals surface area (Å²) in [5.41, 5.74) is 0.588. The Morgan fingerprint density at radius 3 is 2.54 bits per heavy atom. The number of carbonyl (C=O) groups is 2. The van der Waals surface area contributed by atoms with Gasteiger partial charge in [-0.2, -0.15) is 5.10 Å². The van der Waals surface area contributed by atoms with Gasteiger partial charge in [-0.1, -0.05) is 0 Å². The minimum absolute atomic E-state index is 0.0466. The number of nitrogens with zero attached hydrogens (tertiary/aromatic N) is 6. The standard InChI is InChI=1S/C24H31N7O4/c1-15-13-30(7-8-31(15)23(33)35-24(2,3)4)21-12-25-20(11-26-21)27-22(32)17-9-16-14-29(5)28-18(16)10-19(17)34-6/h9-12,14-15H,7-8,13H2,1-6H3,(H,25,27,32)/t15-/m0/s1. The molecule has 11 nitrogen and oxygen atoms in total. The van der Waals surface area contributed by atoms with E-state index in [0.29, 0.717) is 42.6 Å². The summed E-state index contributed by atoms with van der Waals surface area (Å²) in [6.07, 6.45) is 4.66. The molecule has 1 aromatic carbocycles. The molecule has 1 fully saturated rings. The molecular formula is C24H31N7O4. The molecule has 2 amide bonds. The molecule has 0 saturated carbocycles. The number of ether oxygens (including phenoxy) is 2. The van der Waals surface area contributed by atoms with Crippen LogP contribution in [0.4, 0.5) is 16.4 Å². The van der Waals surface area contributed by atoms with Gasteiger partial charge in [0.1, 0.15) is 17.2 Å². The van der Waals surface area contributed by atoms with Crippen LogP contribution in [0.15, 0.2) is 30.7 Å². The topological polar surface area (TPSA) is 115 Å². The molecule has 3 heterocycles. The molecule has 0 bridgehead atoms. The number of nitrogens with one attached hydrogen (secondary N) is 1. The summed E-state index contributed by atoms with van der Waals surface area (Å²) in [4.78, 5) is 38.0. The molecule has 1 atom stereocenters. The predicted octanol–water partition coefficient (Wildman–Crippen LogP) is 3.07. The Morgan fingerprint density at radius 1 is 1.14 bits per heavy atom. The van der Waals surface area contributed by atoms with E-state index in [1.165, 1.54) is 13.3 Å². The molecule has 0 radical (unpaired) electrons. The maximum atomic E-state index is 12.9. The van der Waals surface area contributed by atoms with E-state index in [1.54, 1.807) is 27.9 Å². The number of aryl methyl sites for hydroxylation is 1. The largest absolute Gasteiger partial charge is 0.496 e. The van der Waals surface area contributed by atoms with Crippen molar-refractivity contribution in [3.8, 4) is 5.75 Å². The summed E-state index contributed by atoms with van der Waals surface area (Å²) in [7, 11) is 3.33. The fraction of sp³-hybridized carbons (Fsp3) is 0.458. The number of carbonyl (C=O) groups excluding carboxylic acids is 2. The van der Waals surface area contributed by atoms with E-state index >= 15 is 0 Å². The highest BCUT2D eigenvalue weighted by Crippen LogP contribution is 2.26. The molecule has 0 aliphatic carbocycles. The number of hydrogen-bond donors (Lipinski definition) is 1. The third-order valence-corrected chi connectivity index (χ3v) is 5.64. The van der Waals surface area contributed by atoms with Gasteiger partial charge in [0, 0.05) is 50.4 Å². The van der Waals surface area contributed by atoms with Crippen LogP contribution < -0.4 is 15.0 Å². The Balaban J connectivity index is 1.41. The number of rotatable bonds is 4. The van der Waals surface area contributed by atoms with E-state index in [1.807, 2.05) is 40.9 Å². The van der Waals surface area contributed by atoms with Gasteiger partial charge in [-0.05, 0) is 33.8 Å². The first-order valence-corrected chi connectivity index (χ1v) is 11.4. The molecule has 1 saturated heterocycles. The maximum absolute atomic E-state index is 12.9. The molecular weight excluding hydrogens is 450 g/mol. The van der Waals surface area contributed by atoms with Crippen LogP contribution in [0, 0.1) is 0 Å². The van der Waals surface area contributed by atoms with Crippen molar-refractivity contribution in [2.75, 3.05) is 37.0 Å². The summed E-state index contributed by atoms with van der Waals surface area (Å²) in [5.74, 6) is 1.07. The van der Waals surface area contributed by atoms with Crippen molar-refractivity contribution in [1.82, 2.24) is 24.6 Å². The van der Waals surface area contributed by atoms with Crippen molar-refractivity contribution >= 4 is 34.5 Å². The van der Waals surface area contributed by atoms with E-state index in [0.717, 1.165) is 10.9 Å². The molecule has 0 spiro atoms. The fourth-order valence-electron chi connectivity index (χ4n) is 4.01. The number of aromatic nitrogens is 4. The Bertz CT molecular complexity index is 1230. The summed E-state index contributed by atoms with van der Waals surface area (Å²) in [6.45, 7) is 9.27. The Labute approximate surface area is 204 Å². The Morgan fingerprint density at radius 2 is 1.91 bits per heavy atom. The van der Waals surface area contributed by atoms with E-state index in [-0.39, 0.29) is 18.0 Å². The number of amides is 2. The van der Waals surface area contributed by atoms with Gasteiger partial charge in [0.05, 0.1) is 30.6 Å². The maximum Gasteiger partial charge on any atom is 0.410 e. The van der Waals surface area contributed by atoms with Crippen molar-refractivity contribution < 1.29 is 19.1 Å². The number of hydrogen-bond acceptors (Lipinski definition) is 8. The highest BCUT2D eigenvalue weighted by Gasteiger charge is 2.31. The van der Waals surface area contributed by atoms with Crippen LogP contribution in [0.25, 0.3) is 10.9 Å². The second-order valence-electron chi connectivity index (χ2n) is 9.60. The molecule has 0 unspecified atom stereocenters. The molecule has 35 heavy (non-hydrogen) atoms. The van der Waals surface area contributed by atoms with E-state index in [4.69, 9.17) is 9.47 Å². The van der Waals surface area contributed by atoms with Crippen LogP contribution in [0.2, 0.25) is 0 Å². The van der Waals surface area contributed by atoms with Gasteiger partial charge in [0.15, 0.2) is 5.82 Å². The summed E-state index contributed by atoms with van der Waals surface area (Å²) >= 11 is 0. The van der Waals surface area contributed by atoms with E-state index in [2.05, 4.69) is 25.3 Å². The van der Waals surface area contributed by atoms with Crippen molar-refractivity contribution in [1.29, 1.82) is 0 Å². The average molecular weight is 482 g/mol. The van der Waals surface area contributed by atoms with Gasteiger partial charge < -0.3 is 24.6 Å². The normalized spacial score (nSPS) is 16.3. The highest BCUT2D eigenvalue weighted by atomic mass is 16.6. The van der Waals surface area contributed by atoms with Crippen LogP contribution in [-0.4, -0.2) is 75.0 Å². The van der Waals surface area contributed by atoms with Crippen LogP contribution in [0.1, 0.15) is 38.1 Å². The molecule has 1 N–H and O–H groups in total. The third kappa shape index (κ3) is 5.44. The second kappa shape index (κ2) is 9.40. The van der Waals surface area contributed by atoms with Crippen LogP contribution in [0.5, 0.6) is 5.75 Å². The third-order valence-electron chi connectivity index (χ3n) is 5.64. The van der Waals surface area contributed by atoms with Gasteiger partial charge in [0.25, 0.3) is 5.91 Å². The zero-order valence-corrected chi connectivity index (χ0v) is 20.9. The van der Waals surface area contributed by atoms with Crippen molar-refractivity contribution in [2.24, 2.45) is 7.05 Å². The predicted molar refractivity (Wildman–Crippen MR) is 132 cm³/mol. The van der Waals surface area contributed by atoms with Crippen LogP contribution in [-0.2, 0) is 11.8 Å². The lowest BCUT2D eigenvalue weighted by Gasteiger charge is -2.40. The second-order valence-corrected chi connectivity index (χ2v) is 9.60. The number of methoxy groups -OCH3 is 1. The molecule has 2 aromatic heterocycles. The number of benzene rings is 1. The van der Waals surface area contributed by atoms with Crippen molar-refractivity contribution in [3.63, 3.8) is 0 Å². The number of piperazine rings is 1. The van der Waals surface area contributed by atoms with Gasteiger partial charge in [-0.25, -0.2) is 14.8 Å². The highest BCUT2D eigenvalue weighted by molar-refractivity contribution is 6.08. The Kier molecular flexibility index (Phi) is 6.51. The minimum Gasteiger partial charge on any atom is -0.496 e. The molecule has 4 rings (SSSR count). The van der Waals surface area contributed by atoms with Crippen LogP contribution >= 0.6 is 0 Å². The summed E-state index contributed by atoms with van der Waals surface area (Å²) in [6, 6.07) is 3.43. The van der Waals surface area contributed by atoms with Gasteiger partial charge >= 0.3 is 6.09 Å². The first-order chi connectivity index (χ1) is 16.5. The average Bonchev–Trinajstić information content (AvgIpc) is 3.16. The molecule has 3 aromatic rings. The van der Waals surface area contributed by atoms with Gasteiger partial charge in [-0.15, -0.1) is 0 Å². The lowest BCUT2D eigenvalue weighted by Crippen LogP contribution is -2.55. The minimum atomic E-state index is -0.534. The van der Waals surface area contributed by atoms with E-state index < -0.39 is 5.60 Å². The molecule has 11 heteroatoms. The lowest BCUT2D eigenvalue weighted by atomic mass is 10.1. The smallest absolute Gasteiger partial charge is 0.410 e. The molecule has 1 aliphatic rings. The number of anilines is 2. The van der Waals surface area contributed by atoms with Crippen LogP contribution in [0.3, 0.4) is 0 Å². The zero-order valence-electron chi connectivity index (χ0n) is 20.9. The SMILES string of the molecule is COc1cc2nn(C)cc2cc1C(=O)Nc1cnc(N2CCN(C(=O)OC(C)(C)C)[C@@H](C)C2)cn1. The first kappa shape index (κ1) is 24.2. The van der Waals surface area contributed by atoms with Gasteiger partial charge in [-0.3, -0.25) is 9.48 Å². The monoisotopic (exact) mass is 481 g/mol. The number of fused-ring (bicyclic) bond motifs is 1. The fourth-order valence-corrected chi connectivity index (χ4v) is 4.01. The first-order valence-electron chi connectivity index (χ1n) is 11.4. The van der Waals surface area contributed by atoms with E-state index in [9.17, 15) is 9.59 Å². The molecule has 186 valence electrons. The lowest BCUT2D eigenvalue weighted by molar-refractivity contribution is 0.0158. The Hall–Kier alpha value is -3.89. The summed E-state index contributed by atoms with van der Waals surface area (Å²) in [5, 5.41) is 7.96. The molecule has 1 aliphatic heterocycles. The van der Waals surface area contributed by atoms with Crippen molar-refractivity contribution in [3.05, 3.63) is 36.3 Å². The summed E-state index contributed by atoms with van der Waals surface area (Å²) < 4.78 is 12.6. The quantitative estimate of drug-likeness (QED) is 0.605. The van der Waals surface area contributed by atoms with Crippen molar-refractivity contribution in [2.45, 2.75) is 39.3 Å².